The van der Waals surface area contributed by atoms with E-state index < -0.39 is 23.6 Å². The van der Waals surface area contributed by atoms with E-state index in [1.165, 1.54) is 6.07 Å². The van der Waals surface area contributed by atoms with Gasteiger partial charge in [-0.3, -0.25) is 4.98 Å². The lowest BCUT2D eigenvalue weighted by Crippen LogP contribution is -2.16. The Balaban J connectivity index is 2.46. The maximum absolute atomic E-state index is 13.2. The van der Waals surface area contributed by atoms with Crippen LogP contribution in [-0.2, 0) is 6.18 Å². The number of rotatable bonds is 2. The number of halogens is 4. The van der Waals surface area contributed by atoms with Gasteiger partial charge < -0.3 is 5.73 Å². The smallest absolute Gasteiger partial charge is 0.320 e. The molecule has 2 rings (SSSR count). The van der Waals surface area contributed by atoms with E-state index in [1.54, 1.807) is 25.3 Å². The topological polar surface area (TPSA) is 38.9 Å². The zero-order chi connectivity index (χ0) is 14.9. The van der Waals surface area contributed by atoms with Gasteiger partial charge in [0, 0.05) is 11.9 Å². The van der Waals surface area contributed by atoms with Gasteiger partial charge in [-0.05, 0) is 36.2 Å². The first-order chi connectivity index (χ1) is 9.30. The third-order valence-corrected chi connectivity index (χ3v) is 3.04. The lowest BCUT2D eigenvalue weighted by atomic mass is 9.97. The fourth-order valence-corrected chi connectivity index (χ4v) is 1.96. The van der Waals surface area contributed by atoms with Crippen molar-refractivity contribution in [3.63, 3.8) is 0 Å². The second-order valence-corrected chi connectivity index (χ2v) is 4.39. The van der Waals surface area contributed by atoms with Gasteiger partial charge in [-0.1, -0.05) is 12.1 Å². The third kappa shape index (κ3) is 2.80. The molecule has 6 heteroatoms. The summed E-state index contributed by atoms with van der Waals surface area (Å²) in [5, 5.41) is 0. The van der Waals surface area contributed by atoms with E-state index in [2.05, 4.69) is 4.98 Å². The van der Waals surface area contributed by atoms with Crippen LogP contribution in [0.4, 0.5) is 17.6 Å². The highest BCUT2D eigenvalue weighted by molar-refractivity contribution is 5.36. The Hall–Kier alpha value is -1.95. The van der Waals surface area contributed by atoms with Crippen molar-refractivity contribution < 1.29 is 17.6 Å². The fourth-order valence-electron chi connectivity index (χ4n) is 1.96. The van der Waals surface area contributed by atoms with E-state index in [-0.39, 0.29) is 5.56 Å². The zero-order valence-corrected chi connectivity index (χ0v) is 10.6. The largest absolute Gasteiger partial charge is 0.419 e. The van der Waals surface area contributed by atoms with E-state index >= 15 is 0 Å². The van der Waals surface area contributed by atoms with Crippen LogP contribution in [0.1, 0.15) is 28.4 Å². The normalized spacial score (nSPS) is 13.3. The summed E-state index contributed by atoms with van der Waals surface area (Å²) in [6, 6.07) is 5.32. The molecule has 0 aliphatic rings. The molecule has 0 saturated heterocycles. The summed E-state index contributed by atoms with van der Waals surface area (Å²) < 4.78 is 51.3. The molecule has 1 aromatic heterocycles. The maximum atomic E-state index is 13.2. The molecule has 0 fully saturated rings. The molecule has 0 saturated carbocycles. The quantitative estimate of drug-likeness (QED) is 0.856. The van der Waals surface area contributed by atoms with Gasteiger partial charge in [-0.2, -0.15) is 13.2 Å². The molecule has 0 amide bonds. The predicted octanol–water partition coefficient (Wildman–Crippen LogP) is 3.60. The number of nitrogens with two attached hydrogens (primary N) is 1. The highest BCUT2D eigenvalue weighted by Gasteiger charge is 2.34. The molecule has 0 aliphatic heterocycles. The summed E-state index contributed by atoms with van der Waals surface area (Å²) >= 11 is 0. The highest BCUT2D eigenvalue weighted by atomic mass is 19.4. The Bertz CT molecular complexity index is 623. The average Bonchev–Trinajstić information content (AvgIpc) is 2.37. The maximum Gasteiger partial charge on any atom is 0.419 e. The van der Waals surface area contributed by atoms with Crippen molar-refractivity contribution in [2.75, 3.05) is 0 Å². The Morgan fingerprint density at radius 3 is 2.50 bits per heavy atom. The van der Waals surface area contributed by atoms with Gasteiger partial charge in [0.05, 0.1) is 11.6 Å². The zero-order valence-electron chi connectivity index (χ0n) is 10.6. The van der Waals surface area contributed by atoms with Crippen LogP contribution in [0.25, 0.3) is 0 Å². The van der Waals surface area contributed by atoms with Crippen LogP contribution in [0, 0.1) is 12.7 Å². The third-order valence-electron chi connectivity index (χ3n) is 3.04. The summed E-state index contributed by atoms with van der Waals surface area (Å²) in [4.78, 5) is 4.04. The highest BCUT2D eigenvalue weighted by Crippen LogP contribution is 2.33. The average molecular weight is 284 g/mol. The molecular weight excluding hydrogens is 272 g/mol. The molecule has 2 aromatic rings. The van der Waals surface area contributed by atoms with Crippen LogP contribution in [0.3, 0.4) is 0 Å². The molecule has 0 bridgehead atoms. The van der Waals surface area contributed by atoms with Crippen molar-refractivity contribution in [2.45, 2.75) is 19.1 Å². The van der Waals surface area contributed by atoms with Gasteiger partial charge in [0.25, 0.3) is 0 Å². The van der Waals surface area contributed by atoms with E-state index in [4.69, 9.17) is 5.73 Å². The molecule has 1 atom stereocenters. The Morgan fingerprint density at radius 2 is 1.90 bits per heavy atom. The van der Waals surface area contributed by atoms with Gasteiger partial charge in [-0.25, -0.2) is 4.39 Å². The summed E-state index contributed by atoms with van der Waals surface area (Å²) in [6.45, 7) is 1.71. The number of hydrogen-bond donors (Lipinski definition) is 1. The van der Waals surface area contributed by atoms with Crippen LogP contribution in [0.2, 0.25) is 0 Å². The summed E-state index contributed by atoms with van der Waals surface area (Å²) in [5.41, 5.74) is 6.05. The van der Waals surface area contributed by atoms with Crippen molar-refractivity contribution in [3.05, 3.63) is 64.7 Å². The van der Waals surface area contributed by atoms with Crippen molar-refractivity contribution >= 4 is 0 Å². The van der Waals surface area contributed by atoms with Gasteiger partial charge in [0.15, 0.2) is 0 Å². The summed E-state index contributed by atoms with van der Waals surface area (Å²) in [5.74, 6) is -1.31. The lowest BCUT2D eigenvalue weighted by Gasteiger charge is -2.16. The minimum Gasteiger partial charge on any atom is -0.320 e. The van der Waals surface area contributed by atoms with Crippen molar-refractivity contribution in [2.24, 2.45) is 5.73 Å². The SMILES string of the molecule is Cc1ncccc1C(N)c1ccc(F)c(C(F)(F)F)c1. The lowest BCUT2D eigenvalue weighted by molar-refractivity contribution is -0.140. The first-order valence-electron chi connectivity index (χ1n) is 5.84. The van der Waals surface area contributed by atoms with Gasteiger partial charge in [-0.15, -0.1) is 0 Å². The van der Waals surface area contributed by atoms with Crippen molar-refractivity contribution in [3.8, 4) is 0 Å². The second-order valence-electron chi connectivity index (χ2n) is 4.39. The molecule has 1 unspecified atom stereocenters. The van der Waals surface area contributed by atoms with E-state index in [0.717, 1.165) is 12.1 Å². The number of alkyl halides is 3. The van der Waals surface area contributed by atoms with E-state index in [9.17, 15) is 17.6 Å². The fraction of sp³-hybridized carbons (Fsp3) is 0.214. The van der Waals surface area contributed by atoms with Crippen molar-refractivity contribution in [1.82, 2.24) is 4.98 Å². The van der Waals surface area contributed by atoms with Crippen LogP contribution in [0.15, 0.2) is 36.5 Å². The van der Waals surface area contributed by atoms with Crippen molar-refractivity contribution in [1.29, 1.82) is 0 Å². The van der Waals surface area contributed by atoms with Gasteiger partial charge in [0.2, 0.25) is 0 Å². The molecule has 106 valence electrons. The Morgan fingerprint density at radius 1 is 1.20 bits per heavy atom. The van der Waals surface area contributed by atoms with E-state index in [0.29, 0.717) is 11.3 Å². The number of aryl methyl sites for hydroxylation is 1. The van der Waals surface area contributed by atoms with Crippen LogP contribution in [-0.4, -0.2) is 4.98 Å². The molecule has 1 aromatic carbocycles. The standard InChI is InChI=1S/C14H12F4N2/c1-8-10(3-2-6-20-8)13(19)9-4-5-12(15)11(7-9)14(16,17)18/h2-7,13H,19H2,1H3. The Kier molecular flexibility index (Phi) is 3.76. The molecule has 0 aliphatic carbocycles. The van der Waals surface area contributed by atoms with Gasteiger partial charge in [0.1, 0.15) is 5.82 Å². The molecule has 20 heavy (non-hydrogen) atoms. The number of hydrogen-bond acceptors (Lipinski definition) is 2. The number of pyridine rings is 1. The van der Waals surface area contributed by atoms with Crippen LogP contribution in [0.5, 0.6) is 0 Å². The number of aromatic nitrogens is 1. The molecule has 0 radical (unpaired) electrons. The first kappa shape index (κ1) is 14.5. The van der Waals surface area contributed by atoms with Crippen LogP contribution >= 0.6 is 0 Å². The molecular formula is C14H12F4N2. The number of nitrogens with zero attached hydrogens (tertiary/aromatic N) is 1. The molecule has 1 heterocycles. The monoisotopic (exact) mass is 284 g/mol. The number of benzene rings is 1. The van der Waals surface area contributed by atoms with Gasteiger partial charge >= 0.3 is 6.18 Å². The molecule has 0 spiro atoms. The Labute approximate surface area is 113 Å². The minimum atomic E-state index is -4.75. The second kappa shape index (κ2) is 5.20. The van der Waals surface area contributed by atoms with E-state index in [1.807, 2.05) is 0 Å². The first-order valence-corrected chi connectivity index (χ1v) is 5.84. The van der Waals surface area contributed by atoms with Crippen LogP contribution < -0.4 is 5.73 Å². The minimum absolute atomic E-state index is 0.190. The molecule has 2 nitrogen and oxygen atoms in total. The molecule has 2 N–H and O–H groups in total. The summed E-state index contributed by atoms with van der Waals surface area (Å²) in [6.07, 6.45) is -3.18. The predicted molar refractivity (Wildman–Crippen MR) is 66.4 cm³/mol. The summed E-state index contributed by atoms with van der Waals surface area (Å²) in [7, 11) is 0.